The van der Waals surface area contributed by atoms with E-state index in [0.717, 1.165) is 31.5 Å². The fraction of sp³-hybridized carbons (Fsp3) is 0.556. The SMILES string of the molecule is CNC1CCN(C(=O)CCNC(=O)N(C)Cc2ccccc2)CC1.Cl. The molecule has 1 aromatic rings. The average Bonchev–Trinajstić information content (AvgIpc) is 2.62. The van der Waals surface area contributed by atoms with E-state index in [9.17, 15) is 9.59 Å². The lowest BCUT2D eigenvalue weighted by atomic mass is 10.1. The Bertz CT molecular complexity index is 533. The van der Waals surface area contributed by atoms with Gasteiger partial charge in [0.1, 0.15) is 0 Å². The van der Waals surface area contributed by atoms with Crippen LogP contribution in [0.15, 0.2) is 30.3 Å². The topological polar surface area (TPSA) is 64.7 Å². The van der Waals surface area contributed by atoms with Gasteiger partial charge in [-0.15, -0.1) is 12.4 Å². The number of hydrogen-bond donors (Lipinski definition) is 2. The van der Waals surface area contributed by atoms with Crippen LogP contribution < -0.4 is 10.6 Å². The summed E-state index contributed by atoms with van der Waals surface area (Å²) in [6.07, 6.45) is 2.35. The van der Waals surface area contributed by atoms with Crippen LogP contribution in [0.5, 0.6) is 0 Å². The van der Waals surface area contributed by atoms with Gasteiger partial charge < -0.3 is 20.4 Å². The number of piperidine rings is 1. The summed E-state index contributed by atoms with van der Waals surface area (Å²) < 4.78 is 0. The van der Waals surface area contributed by atoms with Crippen LogP contribution in [0.3, 0.4) is 0 Å². The standard InChI is InChI=1S/C18H28N4O2.ClH/c1-19-16-9-12-22(13-10-16)17(23)8-11-20-18(24)21(2)14-15-6-4-3-5-7-15;/h3-7,16,19H,8-14H2,1-2H3,(H,20,24);1H. The highest BCUT2D eigenvalue weighted by atomic mass is 35.5. The summed E-state index contributed by atoms with van der Waals surface area (Å²) in [5.74, 6) is 0.121. The van der Waals surface area contributed by atoms with Crippen molar-refractivity contribution in [2.24, 2.45) is 0 Å². The van der Waals surface area contributed by atoms with Crippen molar-refractivity contribution >= 4 is 24.3 Å². The van der Waals surface area contributed by atoms with Gasteiger partial charge in [-0.3, -0.25) is 4.79 Å². The van der Waals surface area contributed by atoms with E-state index in [1.54, 1.807) is 11.9 Å². The van der Waals surface area contributed by atoms with Crippen LogP contribution >= 0.6 is 12.4 Å². The quantitative estimate of drug-likeness (QED) is 0.805. The average molecular weight is 369 g/mol. The molecule has 0 aromatic heterocycles. The number of benzene rings is 1. The maximum absolute atomic E-state index is 12.2. The second-order valence-electron chi connectivity index (χ2n) is 6.27. The van der Waals surface area contributed by atoms with Crippen LogP contribution in [-0.4, -0.2) is 61.5 Å². The zero-order valence-electron chi connectivity index (χ0n) is 15.0. The highest BCUT2D eigenvalue weighted by Crippen LogP contribution is 2.10. The maximum atomic E-state index is 12.2. The monoisotopic (exact) mass is 368 g/mol. The predicted molar refractivity (Wildman–Crippen MR) is 102 cm³/mol. The van der Waals surface area contributed by atoms with Crippen LogP contribution in [0.4, 0.5) is 4.79 Å². The van der Waals surface area contributed by atoms with Crippen molar-refractivity contribution in [3.05, 3.63) is 35.9 Å². The number of hydrogen-bond acceptors (Lipinski definition) is 3. The Labute approximate surface area is 156 Å². The van der Waals surface area contributed by atoms with Gasteiger partial charge in [0.25, 0.3) is 0 Å². The van der Waals surface area contributed by atoms with Gasteiger partial charge >= 0.3 is 6.03 Å². The van der Waals surface area contributed by atoms with Crippen molar-refractivity contribution in [3.8, 4) is 0 Å². The first-order valence-electron chi connectivity index (χ1n) is 8.58. The lowest BCUT2D eigenvalue weighted by Crippen LogP contribution is -2.45. The van der Waals surface area contributed by atoms with Gasteiger partial charge in [0.2, 0.25) is 5.91 Å². The number of carbonyl (C=O) groups is 2. The Morgan fingerprint density at radius 2 is 1.84 bits per heavy atom. The molecule has 1 saturated heterocycles. The summed E-state index contributed by atoms with van der Waals surface area (Å²) in [7, 11) is 3.72. The van der Waals surface area contributed by atoms with Crippen molar-refractivity contribution in [1.29, 1.82) is 0 Å². The number of rotatable bonds is 6. The van der Waals surface area contributed by atoms with Gasteiger partial charge in [0, 0.05) is 45.7 Å². The third kappa shape index (κ3) is 6.92. The lowest BCUT2D eigenvalue weighted by Gasteiger charge is -2.32. The molecule has 1 aromatic carbocycles. The molecule has 0 spiro atoms. The zero-order chi connectivity index (χ0) is 17.4. The molecule has 1 fully saturated rings. The van der Waals surface area contributed by atoms with Crippen molar-refractivity contribution in [2.75, 3.05) is 33.7 Å². The van der Waals surface area contributed by atoms with E-state index in [4.69, 9.17) is 0 Å². The van der Waals surface area contributed by atoms with Crippen LogP contribution in [0.25, 0.3) is 0 Å². The fourth-order valence-electron chi connectivity index (χ4n) is 2.92. The van der Waals surface area contributed by atoms with Gasteiger partial charge in [-0.25, -0.2) is 4.79 Å². The number of carbonyl (C=O) groups excluding carboxylic acids is 2. The first-order valence-corrected chi connectivity index (χ1v) is 8.58. The summed E-state index contributed by atoms with van der Waals surface area (Å²) in [5, 5.41) is 6.07. The Kier molecular flexibility index (Phi) is 9.31. The fourth-order valence-corrected chi connectivity index (χ4v) is 2.92. The molecule has 2 rings (SSSR count). The first kappa shape index (κ1) is 21.3. The van der Waals surface area contributed by atoms with E-state index < -0.39 is 0 Å². The van der Waals surface area contributed by atoms with E-state index in [1.807, 2.05) is 42.3 Å². The van der Waals surface area contributed by atoms with E-state index in [2.05, 4.69) is 10.6 Å². The van der Waals surface area contributed by atoms with Crippen LogP contribution in [0.1, 0.15) is 24.8 Å². The molecule has 25 heavy (non-hydrogen) atoms. The number of nitrogens with zero attached hydrogens (tertiary/aromatic N) is 2. The minimum Gasteiger partial charge on any atom is -0.343 e. The number of nitrogens with one attached hydrogen (secondary N) is 2. The number of halogens is 1. The van der Waals surface area contributed by atoms with Crippen molar-refractivity contribution in [3.63, 3.8) is 0 Å². The summed E-state index contributed by atoms with van der Waals surface area (Å²) >= 11 is 0. The largest absolute Gasteiger partial charge is 0.343 e. The highest BCUT2D eigenvalue weighted by Gasteiger charge is 2.21. The molecule has 1 heterocycles. The molecule has 0 atom stereocenters. The molecule has 0 saturated carbocycles. The third-order valence-corrected chi connectivity index (χ3v) is 4.48. The second-order valence-corrected chi connectivity index (χ2v) is 6.27. The molecular weight excluding hydrogens is 340 g/mol. The summed E-state index contributed by atoms with van der Waals surface area (Å²) in [5.41, 5.74) is 1.08. The van der Waals surface area contributed by atoms with Crippen molar-refractivity contribution in [1.82, 2.24) is 20.4 Å². The zero-order valence-corrected chi connectivity index (χ0v) is 15.8. The minimum absolute atomic E-state index is 0. The van der Waals surface area contributed by atoms with E-state index >= 15 is 0 Å². The highest BCUT2D eigenvalue weighted by molar-refractivity contribution is 5.85. The Morgan fingerprint density at radius 3 is 2.44 bits per heavy atom. The summed E-state index contributed by atoms with van der Waals surface area (Å²) in [4.78, 5) is 27.8. The number of amides is 3. The summed E-state index contributed by atoms with van der Waals surface area (Å²) in [6, 6.07) is 10.2. The molecule has 1 aliphatic heterocycles. The molecule has 0 unspecified atom stereocenters. The van der Waals surface area contributed by atoms with Gasteiger partial charge in [0.15, 0.2) is 0 Å². The molecule has 2 N–H and O–H groups in total. The van der Waals surface area contributed by atoms with Crippen LogP contribution in [0.2, 0.25) is 0 Å². The number of urea groups is 1. The van der Waals surface area contributed by atoms with Crippen molar-refractivity contribution in [2.45, 2.75) is 31.8 Å². The van der Waals surface area contributed by atoms with E-state index in [-0.39, 0.29) is 24.3 Å². The smallest absolute Gasteiger partial charge is 0.317 e. The van der Waals surface area contributed by atoms with Gasteiger partial charge in [-0.1, -0.05) is 30.3 Å². The maximum Gasteiger partial charge on any atom is 0.317 e. The Morgan fingerprint density at radius 1 is 1.20 bits per heavy atom. The second kappa shape index (κ2) is 10.9. The third-order valence-electron chi connectivity index (χ3n) is 4.48. The molecule has 0 radical (unpaired) electrons. The molecule has 6 nitrogen and oxygen atoms in total. The molecular formula is C18H29ClN4O2. The normalized spacial score (nSPS) is 14.6. The van der Waals surface area contributed by atoms with E-state index in [1.165, 1.54) is 0 Å². The van der Waals surface area contributed by atoms with Gasteiger partial charge in [-0.2, -0.15) is 0 Å². The first-order chi connectivity index (χ1) is 11.6. The molecule has 1 aliphatic rings. The lowest BCUT2D eigenvalue weighted by molar-refractivity contribution is -0.132. The molecule has 3 amide bonds. The molecule has 0 aliphatic carbocycles. The van der Waals surface area contributed by atoms with Crippen LogP contribution in [0, 0.1) is 0 Å². The Hall–Kier alpha value is -1.79. The van der Waals surface area contributed by atoms with Crippen molar-refractivity contribution < 1.29 is 9.59 Å². The molecule has 140 valence electrons. The van der Waals surface area contributed by atoms with Crippen LogP contribution in [-0.2, 0) is 11.3 Å². The predicted octanol–water partition coefficient (Wildman–Crippen LogP) is 1.85. The summed E-state index contributed by atoms with van der Waals surface area (Å²) in [6.45, 7) is 2.53. The number of likely N-dealkylation sites (tertiary alicyclic amines) is 1. The Balaban J connectivity index is 0.00000312. The minimum atomic E-state index is -0.152. The van der Waals surface area contributed by atoms with E-state index in [0.29, 0.717) is 25.6 Å². The molecule has 0 bridgehead atoms. The van der Waals surface area contributed by atoms with Gasteiger partial charge in [0.05, 0.1) is 0 Å². The van der Waals surface area contributed by atoms with Gasteiger partial charge in [-0.05, 0) is 25.5 Å². The molecule has 7 heteroatoms.